The van der Waals surface area contributed by atoms with Gasteiger partial charge in [-0.25, -0.2) is 4.79 Å². The van der Waals surface area contributed by atoms with E-state index in [0.717, 1.165) is 29.5 Å². The van der Waals surface area contributed by atoms with Gasteiger partial charge in [0.1, 0.15) is 0 Å². The minimum Gasteiger partial charge on any atom is -0.462 e. The first-order valence-corrected chi connectivity index (χ1v) is 9.66. The van der Waals surface area contributed by atoms with Crippen molar-refractivity contribution >= 4 is 11.5 Å². The Balaban J connectivity index is 2.24. The number of ether oxygens (including phenoxy) is 1. The normalized spacial score (nSPS) is 11.7. The molecule has 0 aliphatic heterocycles. The zero-order valence-electron chi connectivity index (χ0n) is 16.2. The maximum atomic E-state index is 12.7. The van der Waals surface area contributed by atoms with Crippen LogP contribution in [-0.2, 0) is 9.53 Å². The second kappa shape index (κ2) is 10.6. The van der Waals surface area contributed by atoms with Crippen LogP contribution in [-0.4, -0.2) is 12.6 Å². The molecule has 1 unspecified atom stereocenters. The molecule has 26 heavy (non-hydrogen) atoms. The Hall–Kier alpha value is -2.35. The van der Waals surface area contributed by atoms with Crippen LogP contribution in [0.2, 0.25) is 0 Å². The molecule has 1 atom stereocenters. The van der Waals surface area contributed by atoms with Crippen molar-refractivity contribution in [2.24, 2.45) is 5.92 Å². The lowest BCUT2D eigenvalue weighted by Crippen LogP contribution is -2.15. The van der Waals surface area contributed by atoms with Gasteiger partial charge in [-0.2, -0.15) is 0 Å². The molecule has 2 nitrogen and oxygen atoms in total. The van der Waals surface area contributed by atoms with Gasteiger partial charge in [-0.15, -0.1) is 0 Å². The fourth-order valence-electron chi connectivity index (χ4n) is 3.11. The number of hydrogen-bond acceptors (Lipinski definition) is 2. The van der Waals surface area contributed by atoms with Crippen molar-refractivity contribution in [3.63, 3.8) is 0 Å². The number of esters is 1. The molecular formula is C24H30O2. The molecule has 138 valence electrons. The quantitative estimate of drug-likeness (QED) is 0.393. The van der Waals surface area contributed by atoms with Gasteiger partial charge in [0.25, 0.3) is 0 Å². The van der Waals surface area contributed by atoms with Gasteiger partial charge in [0, 0.05) is 5.57 Å². The lowest BCUT2D eigenvalue weighted by Gasteiger charge is -2.17. The van der Waals surface area contributed by atoms with E-state index in [4.69, 9.17) is 4.74 Å². The second-order valence-electron chi connectivity index (χ2n) is 6.75. The van der Waals surface area contributed by atoms with Crippen LogP contribution >= 0.6 is 0 Å². The van der Waals surface area contributed by atoms with Gasteiger partial charge in [-0.3, -0.25) is 0 Å². The van der Waals surface area contributed by atoms with Crippen LogP contribution < -0.4 is 0 Å². The molecule has 2 heteroatoms. The van der Waals surface area contributed by atoms with Crippen molar-refractivity contribution in [2.45, 2.75) is 46.5 Å². The van der Waals surface area contributed by atoms with Crippen LogP contribution in [0.1, 0.15) is 57.6 Å². The standard InChI is InChI=1S/C24H30O2/c1-4-6-13-20(5-2)18-26-24(25)19(3)23(21-14-9-7-10-15-21)22-16-11-8-12-17-22/h7-12,14-17,20H,4-6,13,18H2,1-3H3. The van der Waals surface area contributed by atoms with Gasteiger partial charge >= 0.3 is 5.97 Å². The van der Waals surface area contributed by atoms with Crippen molar-refractivity contribution in [3.8, 4) is 0 Å². The molecule has 0 radical (unpaired) electrons. The van der Waals surface area contributed by atoms with E-state index in [9.17, 15) is 4.79 Å². The molecular weight excluding hydrogens is 320 g/mol. The Morgan fingerprint density at radius 3 is 1.92 bits per heavy atom. The summed E-state index contributed by atoms with van der Waals surface area (Å²) in [6, 6.07) is 20.1. The highest BCUT2D eigenvalue weighted by Gasteiger charge is 2.17. The first-order valence-electron chi connectivity index (χ1n) is 9.66. The Morgan fingerprint density at radius 1 is 0.923 bits per heavy atom. The number of carbonyl (C=O) groups is 1. The van der Waals surface area contributed by atoms with Gasteiger partial charge in [-0.1, -0.05) is 93.8 Å². The van der Waals surface area contributed by atoms with E-state index in [0.29, 0.717) is 18.1 Å². The average Bonchev–Trinajstić information content (AvgIpc) is 2.69. The lowest BCUT2D eigenvalue weighted by molar-refractivity contribution is -0.140. The average molecular weight is 351 g/mol. The highest BCUT2D eigenvalue weighted by atomic mass is 16.5. The monoisotopic (exact) mass is 350 g/mol. The lowest BCUT2D eigenvalue weighted by atomic mass is 9.93. The molecule has 0 aliphatic carbocycles. The summed E-state index contributed by atoms with van der Waals surface area (Å²) in [5, 5.41) is 0. The summed E-state index contributed by atoms with van der Waals surface area (Å²) >= 11 is 0. The maximum absolute atomic E-state index is 12.7. The molecule has 0 bridgehead atoms. The van der Waals surface area contributed by atoms with Gasteiger partial charge < -0.3 is 4.74 Å². The third-order valence-corrected chi connectivity index (χ3v) is 4.80. The molecule has 0 heterocycles. The number of hydrogen-bond donors (Lipinski definition) is 0. The van der Waals surface area contributed by atoms with E-state index in [1.165, 1.54) is 12.8 Å². The molecule has 2 aromatic carbocycles. The van der Waals surface area contributed by atoms with Crippen LogP contribution in [0.5, 0.6) is 0 Å². The third kappa shape index (κ3) is 5.59. The highest BCUT2D eigenvalue weighted by Crippen LogP contribution is 2.27. The molecule has 0 spiro atoms. The van der Waals surface area contributed by atoms with E-state index in [2.05, 4.69) is 13.8 Å². The fraction of sp³-hybridized carbons (Fsp3) is 0.375. The molecule has 0 fully saturated rings. The summed E-state index contributed by atoms with van der Waals surface area (Å²) in [4.78, 5) is 12.7. The summed E-state index contributed by atoms with van der Waals surface area (Å²) < 4.78 is 5.68. The van der Waals surface area contributed by atoms with Crippen LogP contribution in [0.4, 0.5) is 0 Å². The van der Waals surface area contributed by atoms with E-state index in [-0.39, 0.29) is 5.97 Å². The largest absolute Gasteiger partial charge is 0.462 e. The van der Waals surface area contributed by atoms with E-state index >= 15 is 0 Å². The predicted molar refractivity (Wildman–Crippen MR) is 109 cm³/mol. The molecule has 2 aromatic rings. The van der Waals surface area contributed by atoms with E-state index in [1.54, 1.807) is 0 Å². The molecule has 0 amide bonds. The topological polar surface area (TPSA) is 26.3 Å². The Morgan fingerprint density at radius 2 is 1.46 bits per heavy atom. The number of benzene rings is 2. The van der Waals surface area contributed by atoms with Crippen molar-refractivity contribution in [2.75, 3.05) is 6.61 Å². The molecule has 2 rings (SSSR count). The molecule has 0 N–H and O–H groups in total. The van der Waals surface area contributed by atoms with Crippen molar-refractivity contribution in [1.29, 1.82) is 0 Å². The Labute approximate surface area is 157 Å². The van der Waals surface area contributed by atoms with E-state index < -0.39 is 0 Å². The highest BCUT2D eigenvalue weighted by molar-refractivity contribution is 6.01. The Kier molecular flexibility index (Phi) is 8.14. The summed E-state index contributed by atoms with van der Waals surface area (Å²) in [7, 11) is 0. The third-order valence-electron chi connectivity index (χ3n) is 4.80. The van der Waals surface area contributed by atoms with Gasteiger partial charge in [0.2, 0.25) is 0 Å². The van der Waals surface area contributed by atoms with Gasteiger partial charge in [0.05, 0.1) is 6.61 Å². The second-order valence-corrected chi connectivity index (χ2v) is 6.75. The summed E-state index contributed by atoms with van der Waals surface area (Å²) in [6.45, 7) is 6.72. The molecule has 0 aliphatic rings. The molecule has 0 saturated carbocycles. The SMILES string of the molecule is CCCCC(CC)COC(=O)C(C)=C(c1ccccc1)c1ccccc1. The Bertz CT molecular complexity index is 660. The van der Waals surface area contributed by atoms with Crippen molar-refractivity contribution in [3.05, 3.63) is 77.4 Å². The first-order chi connectivity index (χ1) is 12.7. The predicted octanol–water partition coefficient (Wildman–Crippen LogP) is 6.27. The number of carbonyl (C=O) groups excluding carboxylic acids is 1. The van der Waals surface area contributed by atoms with Crippen LogP contribution in [0.15, 0.2) is 66.2 Å². The molecule has 0 saturated heterocycles. The smallest absolute Gasteiger partial charge is 0.334 e. The van der Waals surface area contributed by atoms with Gasteiger partial charge in [0.15, 0.2) is 0 Å². The minimum atomic E-state index is -0.220. The number of unbranched alkanes of at least 4 members (excludes halogenated alkanes) is 1. The number of rotatable bonds is 9. The van der Waals surface area contributed by atoms with Crippen molar-refractivity contribution in [1.82, 2.24) is 0 Å². The zero-order valence-corrected chi connectivity index (χ0v) is 16.2. The minimum absolute atomic E-state index is 0.220. The van der Waals surface area contributed by atoms with Crippen LogP contribution in [0, 0.1) is 5.92 Å². The first kappa shape index (κ1) is 20.0. The fourth-order valence-corrected chi connectivity index (χ4v) is 3.11. The van der Waals surface area contributed by atoms with Gasteiger partial charge in [-0.05, 0) is 36.0 Å². The molecule has 0 aromatic heterocycles. The van der Waals surface area contributed by atoms with Crippen molar-refractivity contribution < 1.29 is 9.53 Å². The van der Waals surface area contributed by atoms with Crippen LogP contribution in [0.25, 0.3) is 5.57 Å². The summed E-state index contributed by atoms with van der Waals surface area (Å²) in [6.07, 6.45) is 4.52. The maximum Gasteiger partial charge on any atom is 0.334 e. The summed E-state index contributed by atoms with van der Waals surface area (Å²) in [5.74, 6) is 0.228. The zero-order chi connectivity index (χ0) is 18.8. The summed E-state index contributed by atoms with van der Waals surface area (Å²) in [5.41, 5.74) is 3.67. The van der Waals surface area contributed by atoms with E-state index in [1.807, 2.05) is 67.6 Å². The van der Waals surface area contributed by atoms with Crippen LogP contribution in [0.3, 0.4) is 0 Å².